The van der Waals surface area contributed by atoms with Crippen LogP contribution in [0.15, 0.2) is 42.7 Å². The van der Waals surface area contributed by atoms with Crippen LogP contribution in [0, 0.1) is 13.8 Å². The van der Waals surface area contributed by atoms with E-state index in [1.54, 1.807) is 30.8 Å². The minimum atomic E-state index is -4.44. The van der Waals surface area contributed by atoms with Crippen LogP contribution in [0.5, 0.6) is 0 Å². The Morgan fingerprint density at radius 3 is 2.50 bits per heavy atom. The molecular weight excluding hydrogens is 421 g/mol. The van der Waals surface area contributed by atoms with Crippen molar-refractivity contribution in [3.05, 3.63) is 76.4 Å². The molecule has 4 rings (SSSR count). The SMILES string of the molecule is Cc1cc(C(=O)Nc2cnn3c2C(=O)C(c2ccc(C(F)(F)F)cc2)C[C@@H]3C)c(C)cn1. The fourth-order valence-corrected chi connectivity index (χ4v) is 4.00. The zero-order valence-electron chi connectivity index (χ0n) is 17.7. The first kappa shape index (κ1) is 21.7. The molecule has 0 saturated heterocycles. The van der Waals surface area contributed by atoms with Crippen molar-refractivity contribution in [3.8, 4) is 0 Å². The number of anilines is 1. The third-order valence-electron chi connectivity index (χ3n) is 5.71. The number of aromatic nitrogens is 3. The molecule has 1 aliphatic heterocycles. The van der Waals surface area contributed by atoms with Crippen LogP contribution in [-0.2, 0) is 6.18 Å². The Kier molecular flexibility index (Phi) is 5.36. The molecule has 2 atom stereocenters. The van der Waals surface area contributed by atoms with E-state index in [9.17, 15) is 22.8 Å². The Morgan fingerprint density at radius 1 is 1.16 bits per heavy atom. The highest BCUT2D eigenvalue weighted by molar-refractivity contribution is 6.11. The predicted octanol–water partition coefficient (Wildman–Crippen LogP) is 5.10. The number of aryl methyl sites for hydroxylation is 2. The van der Waals surface area contributed by atoms with Gasteiger partial charge < -0.3 is 5.32 Å². The number of hydrogen-bond acceptors (Lipinski definition) is 4. The fourth-order valence-electron chi connectivity index (χ4n) is 4.00. The van der Waals surface area contributed by atoms with Gasteiger partial charge in [0.15, 0.2) is 5.78 Å². The van der Waals surface area contributed by atoms with Crippen LogP contribution in [0.1, 0.15) is 68.5 Å². The number of nitrogens with one attached hydrogen (secondary N) is 1. The molecule has 1 aliphatic rings. The number of pyridine rings is 1. The molecule has 166 valence electrons. The quantitative estimate of drug-likeness (QED) is 0.613. The van der Waals surface area contributed by atoms with Gasteiger partial charge in [-0.3, -0.25) is 19.3 Å². The molecule has 1 unspecified atom stereocenters. The zero-order chi connectivity index (χ0) is 23.2. The van der Waals surface area contributed by atoms with Crippen LogP contribution in [-0.4, -0.2) is 26.5 Å². The molecule has 0 fully saturated rings. The summed E-state index contributed by atoms with van der Waals surface area (Å²) in [7, 11) is 0. The van der Waals surface area contributed by atoms with Crippen molar-refractivity contribution in [2.45, 2.75) is 45.3 Å². The first-order valence-corrected chi connectivity index (χ1v) is 10.1. The molecule has 9 heteroatoms. The number of carbonyl (C=O) groups is 2. The maximum absolute atomic E-state index is 13.3. The Bertz CT molecular complexity index is 1200. The van der Waals surface area contributed by atoms with E-state index in [1.165, 1.54) is 18.3 Å². The van der Waals surface area contributed by atoms with Gasteiger partial charge in [0.05, 0.1) is 29.4 Å². The van der Waals surface area contributed by atoms with E-state index in [4.69, 9.17) is 0 Å². The summed E-state index contributed by atoms with van der Waals surface area (Å²) < 4.78 is 40.3. The van der Waals surface area contributed by atoms with Crippen molar-refractivity contribution in [2.75, 3.05) is 5.32 Å². The molecule has 1 aromatic carbocycles. The van der Waals surface area contributed by atoms with E-state index in [2.05, 4.69) is 15.4 Å². The summed E-state index contributed by atoms with van der Waals surface area (Å²) in [6.07, 6.45) is -1.01. The topological polar surface area (TPSA) is 76.9 Å². The van der Waals surface area contributed by atoms with Crippen LogP contribution in [0.2, 0.25) is 0 Å². The maximum Gasteiger partial charge on any atom is 0.416 e. The molecule has 2 aromatic heterocycles. The first-order chi connectivity index (χ1) is 15.1. The van der Waals surface area contributed by atoms with Crippen LogP contribution in [0.4, 0.5) is 18.9 Å². The van der Waals surface area contributed by atoms with E-state index in [1.807, 2.05) is 6.92 Å². The van der Waals surface area contributed by atoms with Gasteiger partial charge in [-0.1, -0.05) is 12.1 Å². The van der Waals surface area contributed by atoms with Gasteiger partial charge in [-0.2, -0.15) is 18.3 Å². The molecular formula is C23H21F3N4O2. The number of rotatable bonds is 3. The highest BCUT2D eigenvalue weighted by Gasteiger charge is 2.37. The van der Waals surface area contributed by atoms with Crippen LogP contribution >= 0.6 is 0 Å². The minimum absolute atomic E-state index is 0.175. The van der Waals surface area contributed by atoms with Crippen molar-refractivity contribution >= 4 is 17.4 Å². The molecule has 0 aliphatic carbocycles. The summed E-state index contributed by atoms with van der Waals surface area (Å²) in [5.41, 5.74) is 2.07. The van der Waals surface area contributed by atoms with Gasteiger partial charge in [-0.25, -0.2) is 0 Å². The minimum Gasteiger partial charge on any atom is -0.319 e. The Morgan fingerprint density at radius 2 is 1.84 bits per heavy atom. The summed E-state index contributed by atoms with van der Waals surface area (Å²) in [4.78, 5) is 30.3. The smallest absolute Gasteiger partial charge is 0.319 e. The average molecular weight is 442 g/mol. The highest BCUT2D eigenvalue weighted by atomic mass is 19.4. The number of fused-ring (bicyclic) bond motifs is 1. The molecule has 0 radical (unpaired) electrons. The average Bonchev–Trinajstić information content (AvgIpc) is 3.16. The van der Waals surface area contributed by atoms with Gasteiger partial charge in [0.25, 0.3) is 5.91 Å². The summed E-state index contributed by atoms with van der Waals surface area (Å²) in [5, 5.41) is 7.04. The molecule has 0 bridgehead atoms. The van der Waals surface area contributed by atoms with Gasteiger partial charge in [0.1, 0.15) is 5.69 Å². The summed E-state index contributed by atoms with van der Waals surface area (Å²) in [6, 6.07) is 6.13. The van der Waals surface area contributed by atoms with E-state index in [0.29, 0.717) is 28.8 Å². The third kappa shape index (κ3) is 3.90. The molecule has 1 N–H and O–H groups in total. The number of nitrogens with zero attached hydrogens (tertiary/aromatic N) is 3. The second-order valence-corrected chi connectivity index (χ2v) is 8.07. The zero-order valence-corrected chi connectivity index (χ0v) is 17.7. The summed E-state index contributed by atoms with van der Waals surface area (Å²) in [6.45, 7) is 5.42. The van der Waals surface area contributed by atoms with Gasteiger partial charge in [-0.15, -0.1) is 0 Å². The highest BCUT2D eigenvalue weighted by Crippen LogP contribution is 2.39. The number of ketones is 1. The predicted molar refractivity (Wildman–Crippen MR) is 112 cm³/mol. The largest absolute Gasteiger partial charge is 0.416 e. The normalized spacial score (nSPS) is 18.4. The second kappa shape index (κ2) is 7.89. The van der Waals surface area contributed by atoms with Crippen molar-refractivity contribution in [3.63, 3.8) is 0 Å². The number of alkyl halides is 3. The molecule has 0 saturated carbocycles. The first-order valence-electron chi connectivity index (χ1n) is 10.1. The van der Waals surface area contributed by atoms with Crippen LogP contribution in [0.25, 0.3) is 0 Å². The van der Waals surface area contributed by atoms with E-state index >= 15 is 0 Å². The van der Waals surface area contributed by atoms with Gasteiger partial charge in [-0.05, 0) is 56.5 Å². The van der Waals surface area contributed by atoms with Crippen molar-refractivity contribution in [2.24, 2.45) is 0 Å². The van der Waals surface area contributed by atoms with Gasteiger partial charge >= 0.3 is 6.18 Å². The number of carbonyl (C=O) groups excluding carboxylic acids is 2. The van der Waals surface area contributed by atoms with E-state index < -0.39 is 17.7 Å². The van der Waals surface area contributed by atoms with E-state index in [0.717, 1.165) is 12.1 Å². The summed E-state index contributed by atoms with van der Waals surface area (Å²) >= 11 is 0. The van der Waals surface area contributed by atoms with Crippen molar-refractivity contribution < 1.29 is 22.8 Å². The Hall–Kier alpha value is -3.49. The molecule has 6 nitrogen and oxygen atoms in total. The van der Waals surface area contributed by atoms with Crippen molar-refractivity contribution in [1.29, 1.82) is 0 Å². The Balaban J connectivity index is 1.65. The number of hydrogen-bond donors (Lipinski definition) is 1. The molecule has 32 heavy (non-hydrogen) atoms. The lowest BCUT2D eigenvalue weighted by Crippen LogP contribution is -2.29. The van der Waals surface area contributed by atoms with Crippen LogP contribution < -0.4 is 5.32 Å². The van der Waals surface area contributed by atoms with E-state index in [-0.39, 0.29) is 29.1 Å². The monoisotopic (exact) mass is 442 g/mol. The third-order valence-corrected chi connectivity index (χ3v) is 5.71. The number of amides is 1. The van der Waals surface area contributed by atoms with Crippen molar-refractivity contribution in [1.82, 2.24) is 14.8 Å². The van der Waals surface area contributed by atoms with Crippen LogP contribution in [0.3, 0.4) is 0 Å². The Labute approximate surface area is 182 Å². The fraction of sp³-hybridized carbons (Fsp3) is 0.304. The lowest BCUT2D eigenvalue weighted by Gasteiger charge is -2.28. The molecule has 1 amide bonds. The maximum atomic E-state index is 13.3. The van der Waals surface area contributed by atoms with Gasteiger partial charge in [0.2, 0.25) is 0 Å². The molecule has 3 aromatic rings. The molecule has 3 heterocycles. The summed E-state index contributed by atoms with van der Waals surface area (Å²) in [5.74, 6) is -1.31. The second-order valence-electron chi connectivity index (χ2n) is 8.07. The number of benzene rings is 1. The van der Waals surface area contributed by atoms with Gasteiger partial charge in [0, 0.05) is 17.5 Å². The number of Topliss-reactive ketones (excluding diaryl/α,β-unsaturated/α-hetero) is 1. The number of halogens is 3. The standard InChI is InChI=1S/C23H21F3N4O2/c1-12-10-27-13(2)8-17(12)22(32)29-19-11-28-30-14(3)9-18(21(31)20(19)30)15-4-6-16(7-5-15)23(24,25)26/h4-8,10-11,14,18H,9H2,1-3H3,(H,29,32)/t14-,18?/m0/s1. The molecule has 0 spiro atoms. The lowest BCUT2D eigenvalue weighted by molar-refractivity contribution is -0.137. The lowest BCUT2D eigenvalue weighted by atomic mass is 9.84.